The second-order valence-electron chi connectivity index (χ2n) is 34.7. The molecule has 15 amide bonds. The number of hydrogen-bond donors (Lipinski definition) is 24. The van der Waals surface area contributed by atoms with Crippen molar-refractivity contribution in [3.63, 3.8) is 0 Å². The van der Waals surface area contributed by atoms with Gasteiger partial charge in [-0.15, -0.1) is 0 Å². The number of nitrogens with two attached hydrogens (primary N) is 9. The Hall–Kier alpha value is -10.2. The maximum Gasteiger partial charge on any atom is 0.243 e. The predicted molar refractivity (Wildman–Crippen MR) is 485 cm³/mol. The summed E-state index contributed by atoms with van der Waals surface area (Å²) in [6, 6.07) is -9.97. The van der Waals surface area contributed by atoms with Crippen molar-refractivity contribution in [2.75, 3.05) is 45.8 Å². The van der Waals surface area contributed by atoms with E-state index < -0.39 is 197 Å². The van der Waals surface area contributed by atoms with Gasteiger partial charge >= 0.3 is 0 Å². The van der Waals surface area contributed by atoms with Crippen LogP contribution in [0, 0.1) is 35.5 Å². The van der Waals surface area contributed by atoms with Gasteiger partial charge in [-0.1, -0.05) is 114 Å². The monoisotopic (exact) mass is 1780 g/mol. The lowest BCUT2D eigenvalue weighted by molar-refractivity contribution is -0.136. The van der Waals surface area contributed by atoms with Gasteiger partial charge in [-0.3, -0.25) is 76.9 Å². The van der Waals surface area contributed by atoms with E-state index in [-0.39, 0.29) is 121 Å². The van der Waals surface area contributed by atoms with Gasteiger partial charge in [0, 0.05) is 30.1 Å². The summed E-state index contributed by atoms with van der Waals surface area (Å²) in [5, 5.41) is 38.9. The lowest BCUT2D eigenvalue weighted by Crippen LogP contribution is -2.61. The summed E-state index contributed by atoms with van der Waals surface area (Å²) in [6.45, 7) is 23.1. The maximum absolute atomic E-state index is 14.9. The largest absolute Gasteiger partial charge is 0.370 e. The number of hydrogen-bond acceptors (Lipinski definition) is 22. The van der Waals surface area contributed by atoms with Gasteiger partial charge in [-0.2, -0.15) is 0 Å². The van der Waals surface area contributed by atoms with E-state index in [4.69, 9.17) is 51.6 Å². The number of unbranched alkanes of at least 4 members (excludes halogenated alkanes) is 5. The molecule has 0 aliphatic heterocycles. The van der Waals surface area contributed by atoms with Gasteiger partial charge in [0.1, 0.15) is 78.5 Å². The number of H-pyrrole nitrogens is 1. The predicted octanol–water partition coefficient (Wildman–Crippen LogP) is -1.84. The Morgan fingerprint density at radius 2 is 0.706 bits per heavy atom. The summed E-state index contributed by atoms with van der Waals surface area (Å²) in [6.07, 6.45) is 7.28. The molecule has 0 unspecified atom stereocenters. The van der Waals surface area contributed by atoms with Crippen molar-refractivity contribution in [1.82, 2.24) is 79.4 Å². The maximum atomic E-state index is 14.9. The standard InChI is InChI=1S/C86H155N25O15/c1-14-53(12)71(83(124)98-47-68(112)99-54(13)73(114)109-69(51(8)9)85(126)108-66(44-50(6)7)81(122)103-61(33-20-25-39-90)78(119)110-70(52(10)11)84(125)105-64(72(93)113)42-48(2)3)111-79(120)62(34-21-26-40-91)101-75(116)59(31-18-23-37-88)100-76(117)63(35-27-41-96-86(94)95)104-80(121)65(43-49(4)5)107-77(118)60(32-19-24-38-89)102-82(123)67(106-74(115)57(92)29-17-22-36-87)45-55-46-97-58-30-16-15-28-56(55)58/h15-16,28,30,46,48-54,57,59-67,69-71,97H,14,17-27,29,31-45,47,87-92H2,1-13H3,(H2,93,113)(H,98,124)(H,99,112)(H,100,117)(H,101,116)(H,102,123)(H,103,122)(H,104,121)(H,105,125)(H,106,115)(H,107,118)(H,108,126)(H,109,114)(H,110,119)(H,111,120)(H4,94,95,96)/t53-,54-,57-,59-,60-,61-,62-,63-,64-,65-,66-,67-,69-,70-,71-/m0/s1. The van der Waals surface area contributed by atoms with Crippen molar-refractivity contribution < 1.29 is 71.9 Å². The van der Waals surface area contributed by atoms with E-state index in [1.807, 2.05) is 65.8 Å². The first kappa shape index (κ1) is 112. The number of amides is 15. The average molecular weight is 1780 g/mol. The van der Waals surface area contributed by atoms with Gasteiger partial charge < -0.3 is 131 Å². The SMILES string of the molecule is CC[C@H](C)[C@H](NC(=O)[C@H](CCCCN)NC(=O)[C@H](CCCCN)NC(=O)[C@H](CCCN=C(N)N)NC(=O)[C@H](CC(C)C)NC(=O)[C@H](CCCCN)NC(=O)[C@H](Cc1c[nH]c2ccccc12)NC(=O)[C@@H](N)CCCCN)C(=O)NCC(=O)N[C@@H](C)C(=O)N[C@H](C(=O)N[C@@H](CC(C)C)C(=O)N[C@@H](CCCCN)C(=O)N[C@H](C(=O)N[C@@H](CC(C)C)C(N)=O)C(C)C)C(C)C. The quantitative estimate of drug-likeness (QED) is 0.0196. The number of carbonyl (C=O) groups is 15. The number of benzene rings is 1. The number of guanidine groups is 1. The average Bonchev–Trinajstić information content (AvgIpc) is 1.65. The number of nitrogens with one attached hydrogen (secondary N) is 15. The van der Waals surface area contributed by atoms with Crippen molar-refractivity contribution in [3.05, 3.63) is 36.0 Å². The molecule has 0 aliphatic rings. The molecular weight excluding hydrogens is 1620 g/mol. The Morgan fingerprint density at radius 1 is 0.365 bits per heavy atom. The highest BCUT2D eigenvalue weighted by Gasteiger charge is 2.39. The van der Waals surface area contributed by atoms with E-state index >= 15 is 0 Å². The normalized spacial score (nSPS) is 15.0. The van der Waals surface area contributed by atoms with E-state index in [2.05, 4.69) is 84.4 Å². The van der Waals surface area contributed by atoms with Crippen LogP contribution >= 0.6 is 0 Å². The van der Waals surface area contributed by atoms with Gasteiger partial charge in [0.05, 0.1) is 12.6 Å². The number of aromatic amines is 1. The molecule has 15 atom stereocenters. The number of aliphatic imine (C=N–C) groups is 1. The first-order valence-electron chi connectivity index (χ1n) is 45.0. The summed E-state index contributed by atoms with van der Waals surface area (Å²) < 4.78 is 0. The molecule has 40 nitrogen and oxygen atoms in total. The number of para-hydroxylation sites is 1. The van der Waals surface area contributed by atoms with Crippen LogP contribution in [0.15, 0.2) is 35.5 Å². The molecule has 1 aromatic carbocycles. The van der Waals surface area contributed by atoms with Crippen molar-refractivity contribution in [2.24, 2.45) is 92.1 Å². The molecule has 0 bridgehead atoms. The smallest absolute Gasteiger partial charge is 0.243 e. The van der Waals surface area contributed by atoms with Crippen LogP contribution < -0.4 is 126 Å². The minimum absolute atomic E-state index is 0.000879. The number of fused-ring (bicyclic) bond motifs is 1. The van der Waals surface area contributed by atoms with Crippen LogP contribution in [0.25, 0.3) is 10.9 Å². The molecule has 1 heterocycles. The van der Waals surface area contributed by atoms with E-state index in [0.717, 1.165) is 10.9 Å². The molecule has 1 aromatic heterocycles. The Kier molecular flexibility index (Phi) is 53.7. The van der Waals surface area contributed by atoms with Crippen molar-refractivity contribution in [2.45, 2.75) is 316 Å². The third-order valence-electron chi connectivity index (χ3n) is 21.5. The molecule has 0 radical (unpaired) electrons. The van der Waals surface area contributed by atoms with Crippen molar-refractivity contribution in [1.29, 1.82) is 0 Å². The van der Waals surface area contributed by atoms with E-state index in [1.54, 1.807) is 47.7 Å². The summed E-state index contributed by atoms with van der Waals surface area (Å²) in [5.41, 5.74) is 54.0. The molecule has 0 saturated heterocycles. The molecule has 714 valence electrons. The lowest BCUT2D eigenvalue weighted by Gasteiger charge is -2.29. The zero-order valence-electron chi connectivity index (χ0n) is 76.7. The second kappa shape index (κ2) is 60.5. The molecule has 33 N–H and O–H groups in total. The van der Waals surface area contributed by atoms with Gasteiger partial charge in [0.2, 0.25) is 88.6 Å². The zero-order chi connectivity index (χ0) is 94.9. The molecule has 40 heteroatoms. The lowest BCUT2D eigenvalue weighted by atomic mass is 9.97. The number of carbonyl (C=O) groups excluding carboxylic acids is 15. The number of aromatic nitrogens is 1. The third-order valence-corrected chi connectivity index (χ3v) is 21.5. The Morgan fingerprint density at radius 3 is 1.10 bits per heavy atom. The number of primary amides is 1. The Bertz CT molecular complexity index is 3780. The molecular formula is C86H155N25O15. The van der Waals surface area contributed by atoms with Gasteiger partial charge in [0.25, 0.3) is 0 Å². The molecule has 0 spiro atoms. The van der Waals surface area contributed by atoms with Gasteiger partial charge in [-0.05, 0) is 209 Å². The van der Waals surface area contributed by atoms with Crippen LogP contribution in [0.4, 0.5) is 0 Å². The van der Waals surface area contributed by atoms with E-state index in [9.17, 15) is 71.9 Å². The molecule has 2 aromatic rings. The van der Waals surface area contributed by atoms with E-state index in [1.165, 1.54) is 6.92 Å². The van der Waals surface area contributed by atoms with Crippen LogP contribution in [-0.2, 0) is 78.3 Å². The minimum Gasteiger partial charge on any atom is -0.370 e. The molecule has 2 rings (SSSR count). The summed E-state index contributed by atoms with van der Waals surface area (Å²) in [4.78, 5) is 220. The summed E-state index contributed by atoms with van der Waals surface area (Å²) in [5.74, 6) is -13.7. The Balaban J connectivity index is 2.44. The fourth-order valence-corrected chi connectivity index (χ4v) is 13.9. The highest BCUT2D eigenvalue weighted by Crippen LogP contribution is 2.22. The fourth-order valence-electron chi connectivity index (χ4n) is 13.9. The summed E-state index contributed by atoms with van der Waals surface area (Å²) in [7, 11) is 0. The first-order chi connectivity index (χ1) is 59.6. The van der Waals surface area contributed by atoms with Crippen LogP contribution in [-0.4, -0.2) is 230 Å². The molecule has 0 saturated carbocycles. The number of nitrogens with zero attached hydrogens (tertiary/aromatic N) is 1. The second-order valence-corrected chi connectivity index (χ2v) is 34.7. The zero-order valence-corrected chi connectivity index (χ0v) is 76.7. The minimum atomic E-state index is -1.41. The first-order valence-corrected chi connectivity index (χ1v) is 45.0. The van der Waals surface area contributed by atoms with Crippen molar-refractivity contribution >= 4 is 105 Å². The Labute approximate surface area is 743 Å². The van der Waals surface area contributed by atoms with Gasteiger partial charge in [-0.25, -0.2) is 0 Å². The molecule has 0 aliphatic carbocycles. The third kappa shape index (κ3) is 42.4. The van der Waals surface area contributed by atoms with Crippen LogP contribution in [0.3, 0.4) is 0 Å². The summed E-state index contributed by atoms with van der Waals surface area (Å²) >= 11 is 0. The highest BCUT2D eigenvalue weighted by molar-refractivity contribution is 6.01. The number of rotatable bonds is 65. The van der Waals surface area contributed by atoms with Crippen LogP contribution in [0.5, 0.6) is 0 Å². The van der Waals surface area contributed by atoms with Gasteiger partial charge in [0.15, 0.2) is 5.96 Å². The molecule has 0 fully saturated rings. The fraction of sp³-hybridized carbons (Fsp3) is 0.721. The highest BCUT2D eigenvalue weighted by atomic mass is 16.2. The van der Waals surface area contributed by atoms with Crippen molar-refractivity contribution in [3.8, 4) is 0 Å². The van der Waals surface area contributed by atoms with E-state index in [0.29, 0.717) is 89.2 Å². The molecule has 126 heavy (non-hydrogen) atoms. The van der Waals surface area contributed by atoms with Crippen LogP contribution in [0.2, 0.25) is 0 Å². The van der Waals surface area contributed by atoms with Crippen LogP contribution in [0.1, 0.15) is 230 Å². The topological polar surface area (TPSA) is 687 Å².